The van der Waals surface area contributed by atoms with Crippen LogP contribution in [0.1, 0.15) is 26.2 Å². The molecular formula is C18H27FN4O2. The lowest BCUT2D eigenvalue weighted by atomic mass is 10.3. The van der Waals surface area contributed by atoms with E-state index in [1.165, 1.54) is 25.0 Å². The van der Waals surface area contributed by atoms with Crippen LogP contribution in [0.5, 0.6) is 0 Å². The third kappa shape index (κ3) is 8.49. The van der Waals surface area contributed by atoms with Gasteiger partial charge in [0.25, 0.3) is 0 Å². The Hall–Kier alpha value is -2.15. The highest BCUT2D eigenvalue weighted by Crippen LogP contribution is 2.28. The monoisotopic (exact) mass is 350 g/mol. The molecule has 0 saturated heterocycles. The van der Waals surface area contributed by atoms with Crippen molar-refractivity contribution >= 4 is 17.6 Å². The highest BCUT2D eigenvalue weighted by molar-refractivity contribution is 5.94. The van der Waals surface area contributed by atoms with Crippen molar-refractivity contribution in [2.24, 2.45) is 10.9 Å². The Morgan fingerprint density at radius 3 is 2.92 bits per heavy atom. The van der Waals surface area contributed by atoms with Gasteiger partial charge in [-0.3, -0.25) is 4.79 Å². The predicted octanol–water partition coefficient (Wildman–Crippen LogP) is 2.14. The Morgan fingerprint density at radius 2 is 2.20 bits per heavy atom. The van der Waals surface area contributed by atoms with E-state index in [0.29, 0.717) is 18.2 Å². The van der Waals surface area contributed by atoms with Gasteiger partial charge in [-0.1, -0.05) is 6.07 Å². The second-order valence-corrected chi connectivity index (χ2v) is 6.05. The number of anilines is 1. The van der Waals surface area contributed by atoms with Crippen LogP contribution in [0.2, 0.25) is 0 Å². The van der Waals surface area contributed by atoms with E-state index in [2.05, 4.69) is 20.9 Å². The van der Waals surface area contributed by atoms with Crippen LogP contribution in [0.4, 0.5) is 10.1 Å². The van der Waals surface area contributed by atoms with Gasteiger partial charge in [-0.25, -0.2) is 9.38 Å². The summed E-state index contributed by atoms with van der Waals surface area (Å²) in [7, 11) is 0. The predicted molar refractivity (Wildman–Crippen MR) is 97.2 cm³/mol. The molecule has 1 fully saturated rings. The third-order valence-corrected chi connectivity index (χ3v) is 3.64. The molecule has 0 spiro atoms. The van der Waals surface area contributed by atoms with Crippen molar-refractivity contribution < 1.29 is 13.9 Å². The molecular weight excluding hydrogens is 323 g/mol. The van der Waals surface area contributed by atoms with Crippen LogP contribution < -0.4 is 16.0 Å². The number of nitrogens with zero attached hydrogens (tertiary/aromatic N) is 1. The number of nitrogens with one attached hydrogen (secondary N) is 3. The van der Waals surface area contributed by atoms with Gasteiger partial charge in [0.1, 0.15) is 12.4 Å². The molecule has 1 aliphatic rings. The first-order valence-corrected chi connectivity index (χ1v) is 8.82. The zero-order valence-electron chi connectivity index (χ0n) is 14.7. The smallest absolute Gasteiger partial charge is 0.246 e. The first-order valence-electron chi connectivity index (χ1n) is 8.82. The molecule has 3 N–H and O–H groups in total. The summed E-state index contributed by atoms with van der Waals surface area (Å²) in [6, 6.07) is 5.78. The van der Waals surface area contributed by atoms with Gasteiger partial charge >= 0.3 is 0 Å². The number of ether oxygens (including phenoxy) is 1. The number of rotatable bonds is 10. The largest absolute Gasteiger partial charge is 0.381 e. The second-order valence-electron chi connectivity index (χ2n) is 6.05. The number of carbonyl (C=O) groups excluding carboxylic acids is 1. The summed E-state index contributed by atoms with van der Waals surface area (Å²) in [5.41, 5.74) is 0.422. The molecule has 0 atom stereocenters. The van der Waals surface area contributed by atoms with Gasteiger partial charge in [0.15, 0.2) is 5.96 Å². The molecule has 25 heavy (non-hydrogen) atoms. The van der Waals surface area contributed by atoms with E-state index in [0.717, 1.165) is 32.1 Å². The molecule has 0 bridgehead atoms. The highest BCUT2D eigenvalue weighted by Gasteiger charge is 2.20. The second kappa shape index (κ2) is 10.7. The molecule has 0 heterocycles. The Kier molecular flexibility index (Phi) is 8.18. The molecule has 0 aliphatic heterocycles. The van der Waals surface area contributed by atoms with Crippen LogP contribution in [-0.2, 0) is 9.53 Å². The molecule has 138 valence electrons. The van der Waals surface area contributed by atoms with E-state index in [1.807, 2.05) is 6.92 Å². The Morgan fingerprint density at radius 1 is 1.36 bits per heavy atom. The topological polar surface area (TPSA) is 74.8 Å². The summed E-state index contributed by atoms with van der Waals surface area (Å²) < 4.78 is 18.7. The quantitative estimate of drug-likeness (QED) is 0.343. The van der Waals surface area contributed by atoms with Crippen molar-refractivity contribution in [2.45, 2.75) is 26.2 Å². The average Bonchev–Trinajstić information content (AvgIpc) is 3.40. The van der Waals surface area contributed by atoms with E-state index in [4.69, 9.17) is 4.74 Å². The van der Waals surface area contributed by atoms with Crippen molar-refractivity contribution in [3.63, 3.8) is 0 Å². The van der Waals surface area contributed by atoms with Gasteiger partial charge < -0.3 is 20.7 Å². The first kappa shape index (κ1) is 19.2. The SMILES string of the molecule is CCNC(=NCC(=O)Nc1cccc(F)c1)NCCCOCC1CC1. The number of amides is 1. The number of halogens is 1. The van der Waals surface area contributed by atoms with Crippen LogP contribution in [0.3, 0.4) is 0 Å². The fraction of sp³-hybridized carbons (Fsp3) is 0.556. The number of carbonyl (C=O) groups is 1. The normalized spacial score (nSPS) is 14.2. The number of aliphatic imine (C=N–C) groups is 1. The number of hydrogen-bond donors (Lipinski definition) is 3. The standard InChI is InChI=1S/C18H27FN4O2/c1-2-20-18(21-9-4-10-25-13-14-7-8-14)22-12-17(24)23-16-6-3-5-15(19)11-16/h3,5-6,11,14H,2,4,7-10,12-13H2,1H3,(H,23,24)(H2,20,21,22). The summed E-state index contributed by atoms with van der Waals surface area (Å²) in [5, 5.41) is 8.88. The van der Waals surface area contributed by atoms with Crippen molar-refractivity contribution in [2.75, 3.05) is 38.2 Å². The van der Waals surface area contributed by atoms with Gasteiger partial charge in [0.2, 0.25) is 5.91 Å². The van der Waals surface area contributed by atoms with Crippen LogP contribution in [0, 0.1) is 11.7 Å². The minimum absolute atomic E-state index is 0.0377. The average molecular weight is 350 g/mol. The number of benzene rings is 1. The van der Waals surface area contributed by atoms with Crippen molar-refractivity contribution in [1.29, 1.82) is 0 Å². The molecule has 1 aromatic rings. The minimum Gasteiger partial charge on any atom is -0.381 e. The van der Waals surface area contributed by atoms with Gasteiger partial charge in [0, 0.05) is 32.0 Å². The van der Waals surface area contributed by atoms with Gasteiger partial charge in [-0.15, -0.1) is 0 Å². The zero-order valence-corrected chi connectivity index (χ0v) is 14.7. The molecule has 1 saturated carbocycles. The van der Waals surface area contributed by atoms with E-state index in [1.54, 1.807) is 12.1 Å². The fourth-order valence-electron chi connectivity index (χ4n) is 2.17. The Balaban J connectivity index is 1.66. The molecule has 1 amide bonds. The molecule has 0 radical (unpaired) electrons. The van der Waals surface area contributed by atoms with E-state index in [-0.39, 0.29) is 18.3 Å². The molecule has 2 rings (SSSR count). The maximum Gasteiger partial charge on any atom is 0.246 e. The van der Waals surface area contributed by atoms with Crippen LogP contribution in [0.15, 0.2) is 29.3 Å². The Labute approximate surface area is 148 Å². The Bertz CT molecular complexity index is 576. The zero-order chi connectivity index (χ0) is 17.9. The molecule has 7 heteroatoms. The maximum absolute atomic E-state index is 13.1. The lowest BCUT2D eigenvalue weighted by Gasteiger charge is -2.11. The highest BCUT2D eigenvalue weighted by atomic mass is 19.1. The van der Waals surface area contributed by atoms with Crippen LogP contribution >= 0.6 is 0 Å². The van der Waals surface area contributed by atoms with E-state index >= 15 is 0 Å². The number of hydrogen-bond acceptors (Lipinski definition) is 3. The van der Waals surface area contributed by atoms with Gasteiger partial charge in [-0.05, 0) is 50.3 Å². The van der Waals surface area contributed by atoms with Crippen molar-refractivity contribution in [3.8, 4) is 0 Å². The molecule has 1 aromatic carbocycles. The summed E-state index contributed by atoms with van der Waals surface area (Å²) in [6.07, 6.45) is 3.48. The third-order valence-electron chi connectivity index (χ3n) is 3.64. The summed E-state index contributed by atoms with van der Waals surface area (Å²) in [6.45, 7) is 4.95. The van der Waals surface area contributed by atoms with Gasteiger partial charge in [-0.2, -0.15) is 0 Å². The maximum atomic E-state index is 13.1. The summed E-state index contributed by atoms with van der Waals surface area (Å²) >= 11 is 0. The molecule has 1 aliphatic carbocycles. The van der Waals surface area contributed by atoms with Crippen LogP contribution in [-0.4, -0.2) is 44.7 Å². The molecule has 0 aromatic heterocycles. The first-order chi connectivity index (χ1) is 12.2. The summed E-state index contributed by atoms with van der Waals surface area (Å²) in [5.74, 6) is 0.679. The number of guanidine groups is 1. The molecule has 0 unspecified atom stereocenters. The lowest BCUT2D eigenvalue weighted by Crippen LogP contribution is -2.38. The van der Waals surface area contributed by atoms with Crippen LogP contribution in [0.25, 0.3) is 0 Å². The van der Waals surface area contributed by atoms with E-state index in [9.17, 15) is 9.18 Å². The minimum atomic E-state index is -0.389. The molecule has 6 nitrogen and oxygen atoms in total. The van der Waals surface area contributed by atoms with Crippen molar-refractivity contribution in [1.82, 2.24) is 10.6 Å². The van der Waals surface area contributed by atoms with Gasteiger partial charge in [0.05, 0.1) is 0 Å². The fourth-order valence-corrected chi connectivity index (χ4v) is 2.17. The van der Waals surface area contributed by atoms with Crippen molar-refractivity contribution in [3.05, 3.63) is 30.1 Å². The summed E-state index contributed by atoms with van der Waals surface area (Å²) in [4.78, 5) is 16.1. The lowest BCUT2D eigenvalue weighted by molar-refractivity contribution is -0.114. The van der Waals surface area contributed by atoms with E-state index < -0.39 is 0 Å².